The van der Waals surface area contributed by atoms with E-state index in [2.05, 4.69) is 0 Å². The Morgan fingerprint density at radius 2 is 2.21 bits per heavy atom. The lowest BCUT2D eigenvalue weighted by atomic mass is 10.0. The van der Waals surface area contributed by atoms with E-state index in [9.17, 15) is 14.0 Å². The van der Waals surface area contributed by atoms with E-state index in [-0.39, 0.29) is 24.4 Å². The summed E-state index contributed by atoms with van der Waals surface area (Å²) in [4.78, 5) is 25.3. The van der Waals surface area contributed by atoms with Crippen LogP contribution in [0.25, 0.3) is 0 Å². The third-order valence-electron chi connectivity index (χ3n) is 3.33. The molecule has 1 heterocycles. The van der Waals surface area contributed by atoms with Crippen LogP contribution in [0.4, 0.5) is 9.18 Å². The van der Waals surface area contributed by atoms with Crippen molar-refractivity contribution < 1.29 is 19.1 Å². The maximum absolute atomic E-state index is 13.2. The minimum atomic E-state index is -1.04. The van der Waals surface area contributed by atoms with Crippen molar-refractivity contribution in [2.24, 2.45) is 0 Å². The first kappa shape index (κ1) is 13.3. The molecule has 5 nitrogen and oxygen atoms in total. The number of carbonyl (C=O) groups excluding carboxylic acids is 1. The van der Waals surface area contributed by atoms with Crippen molar-refractivity contribution in [3.05, 3.63) is 35.1 Å². The number of halogens is 1. The largest absolute Gasteiger partial charge is 0.480 e. The number of nitrogens with zero attached hydrogens (tertiary/aromatic N) is 2. The van der Waals surface area contributed by atoms with Gasteiger partial charge in [0.2, 0.25) is 0 Å². The highest BCUT2D eigenvalue weighted by atomic mass is 19.1. The number of carboxylic acids is 1. The summed E-state index contributed by atoms with van der Waals surface area (Å²) >= 11 is 0. The van der Waals surface area contributed by atoms with Crippen LogP contribution in [-0.4, -0.2) is 47.0 Å². The van der Waals surface area contributed by atoms with Gasteiger partial charge in [0.05, 0.1) is 6.04 Å². The SMILES string of the molecule is Cc1cc(C2CN(CC(=O)O)C(=O)N2C)ccc1F. The molecule has 0 bridgehead atoms. The number of aryl methyl sites for hydroxylation is 1. The highest BCUT2D eigenvalue weighted by Gasteiger charge is 2.36. The Labute approximate surface area is 110 Å². The molecule has 102 valence electrons. The van der Waals surface area contributed by atoms with Crippen LogP contribution in [-0.2, 0) is 4.79 Å². The zero-order chi connectivity index (χ0) is 14.2. The second-order valence-corrected chi connectivity index (χ2v) is 4.69. The highest BCUT2D eigenvalue weighted by molar-refractivity contribution is 5.82. The second kappa shape index (κ2) is 4.87. The third-order valence-corrected chi connectivity index (χ3v) is 3.33. The van der Waals surface area contributed by atoms with Crippen molar-refractivity contribution in [1.29, 1.82) is 0 Å². The molecule has 1 atom stereocenters. The van der Waals surface area contributed by atoms with Crippen molar-refractivity contribution in [2.75, 3.05) is 20.1 Å². The zero-order valence-electron chi connectivity index (χ0n) is 10.8. The Hall–Kier alpha value is -2.11. The Morgan fingerprint density at radius 1 is 1.53 bits per heavy atom. The fourth-order valence-corrected chi connectivity index (χ4v) is 2.27. The van der Waals surface area contributed by atoms with E-state index in [0.29, 0.717) is 12.1 Å². The number of hydrogen-bond donors (Lipinski definition) is 1. The molecular weight excluding hydrogens is 251 g/mol. The Morgan fingerprint density at radius 3 is 2.79 bits per heavy atom. The summed E-state index contributed by atoms with van der Waals surface area (Å²) in [5.41, 5.74) is 1.32. The summed E-state index contributed by atoms with van der Waals surface area (Å²) in [6.45, 7) is 1.64. The van der Waals surface area contributed by atoms with E-state index >= 15 is 0 Å². The number of likely N-dealkylation sites (N-methyl/N-ethyl adjacent to an activating group) is 1. The summed E-state index contributed by atoms with van der Waals surface area (Å²) < 4.78 is 13.2. The van der Waals surface area contributed by atoms with Crippen molar-refractivity contribution in [3.8, 4) is 0 Å². The minimum Gasteiger partial charge on any atom is -0.480 e. The number of urea groups is 1. The molecular formula is C13H15FN2O3. The molecule has 2 rings (SSSR count). The van der Waals surface area contributed by atoms with Crippen molar-refractivity contribution >= 4 is 12.0 Å². The standard InChI is InChI=1S/C13H15FN2O3/c1-8-5-9(3-4-10(8)14)11-6-16(7-12(17)18)13(19)15(11)2/h3-5,11H,6-7H2,1-2H3,(H,17,18). The predicted molar refractivity (Wildman–Crippen MR) is 66.2 cm³/mol. The molecule has 1 aromatic rings. The Kier molecular flexibility index (Phi) is 3.42. The van der Waals surface area contributed by atoms with Crippen LogP contribution in [0.2, 0.25) is 0 Å². The van der Waals surface area contributed by atoms with Gasteiger partial charge in [-0.1, -0.05) is 12.1 Å². The average Bonchev–Trinajstić information content (AvgIpc) is 2.60. The number of rotatable bonds is 3. The van der Waals surface area contributed by atoms with Gasteiger partial charge >= 0.3 is 12.0 Å². The molecule has 1 N–H and O–H groups in total. The first-order chi connectivity index (χ1) is 8.90. The maximum Gasteiger partial charge on any atom is 0.323 e. The first-order valence-electron chi connectivity index (χ1n) is 5.89. The number of carbonyl (C=O) groups is 2. The molecule has 2 amide bonds. The van der Waals surface area contributed by atoms with Gasteiger partial charge in [-0.25, -0.2) is 9.18 Å². The summed E-state index contributed by atoms with van der Waals surface area (Å²) in [5, 5.41) is 8.75. The van der Waals surface area contributed by atoms with E-state index < -0.39 is 5.97 Å². The smallest absolute Gasteiger partial charge is 0.323 e. The van der Waals surface area contributed by atoms with Crippen LogP contribution >= 0.6 is 0 Å². The van der Waals surface area contributed by atoms with Gasteiger partial charge in [-0.3, -0.25) is 4.79 Å². The van der Waals surface area contributed by atoms with Gasteiger partial charge < -0.3 is 14.9 Å². The first-order valence-corrected chi connectivity index (χ1v) is 5.89. The van der Waals surface area contributed by atoms with E-state index in [4.69, 9.17) is 5.11 Å². The zero-order valence-corrected chi connectivity index (χ0v) is 10.8. The number of aliphatic carboxylic acids is 1. The fraction of sp³-hybridized carbons (Fsp3) is 0.385. The highest BCUT2D eigenvalue weighted by Crippen LogP contribution is 2.28. The topological polar surface area (TPSA) is 60.9 Å². The molecule has 1 saturated heterocycles. The normalized spacial score (nSPS) is 19.1. The van der Waals surface area contributed by atoms with Crippen LogP contribution < -0.4 is 0 Å². The third kappa shape index (κ3) is 2.52. The maximum atomic E-state index is 13.2. The second-order valence-electron chi connectivity index (χ2n) is 4.69. The van der Waals surface area contributed by atoms with Crippen molar-refractivity contribution in [1.82, 2.24) is 9.80 Å². The molecule has 1 aromatic carbocycles. The number of carboxylic acid groups (broad SMARTS) is 1. The van der Waals surface area contributed by atoms with E-state index in [1.54, 1.807) is 26.1 Å². The number of amides is 2. The van der Waals surface area contributed by atoms with E-state index in [1.165, 1.54) is 15.9 Å². The molecule has 0 radical (unpaired) electrons. The van der Waals surface area contributed by atoms with E-state index in [0.717, 1.165) is 5.56 Å². The summed E-state index contributed by atoms with van der Waals surface area (Å²) in [5.74, 6) is -1.34. The quantitative estimate of drug-likeness (QED) is 0.904. The number of benzene rings is 1. The summed E-state index contributed by atoms with van der Waals surface area (Å²) in [7, 11) is 1.62. The molecule has 0 saturated carbocycles. The average molecular weight is 266 g/mol. The molecule has 19 heavy (non-hydrogen) atoms. The monoisotopic (exact) mass is 266 g/mol. The molecule has 0 aliphatic carbocycles. The van der Waals surface area contributed by atoms with Gasteiger partial charge in [-0.2, -0.15) is 0 Å². The van der Waals surface area contributed by atoms with Gasteiger partial charge in [-0.15, -0.1) is 0 Å². The Balaban J connectivity index is 2.23. The molecule has 0 aromatic heterocycles. The lowest BCUT2D eigenvalue weighted by molar-refractivity contribution is -0.137. The predicted octanol–water partition coefficient (Wildman–Crippen LogP) is 1.63. The van der Waals surface area contributed by atoms with Crippen LogP contribution in [0.1, 0.15) is 17.2 Å². The molecule has 0 spiro atoms. The van der Waals surface area contributed by atoms with Crippen molar-refractivity contribution in [2.45, 2.75) is 13.0 Å². The van der Waals surface area contributed by atoms with Crippen LogP contribution in [0.15, 0.2) is 18.2 Å². The summed E-state index contributed by atoms with van der Waals surface area (Å²) in [6, 6.07) is 4.11. The van der Waals surface area contributed by atoms with Crippen LogP contribution in [0.3, 0.4) is 0 Å². The summed E-state index contributed by atoms with van der Waals surface area (Å²) in [6.07, 6.45) is 0. The van der Waals surface area contributed by atoms with Crippen molar-refractivity contribution in [3.63, 3.8) is 0 Å². The molecule has 6 heteroatoms. The van der Waals surface area contributed by atoms with Gasteiger partial charge in [0, 0.05) is 13.6 Å². The molecule has 1 aliphatic heterocycles. The number of hydrogen-bond acceptors (Lipinski definition) is 2. The van der Waals surface area contributed by atoms with Crippen LogP contribution in [0.5, 0.6) is 0 Å². The van der Waals surface area contributed by atoms with Gasteiger partial charge in [-0.05, 0) is 24.1 Å². The molecule has 1 unspecified atom stereocenters. The Bertz CT molecular complexity index is 533. The van der Waals surface area contributed by atoms with Gasteiger partial charge in [0.15, 0.2) is 0 Å². The molecule has 1 aliphatic rings. The minimum absolute atomic E-state index is 0.244. The fourth-order valence-electron chi connectivity index (χ4n) is 2.27. The van der Waals surface area contributed by atoms with Gasteiger partial charge in [0.25, 0.3) is 0 Å². The van der Waals surface area contributed by atoms with Gasteiger partial charge in [0.1, 0.15) is 12.4 Å². The molecule has 1 fully saturated rings. The lowest BCUT2D eigenvalue weighted by Gasteiger charge is -2.18. The van der Waals surface area contributed by atoms with E-state index in [1.807, 2.05) is 0 Å². The van der Waals surface area contributed by atoms with Crippen LogP contribution in [0, 0.1) is 12.7 Å². The lowest BCUT2D eigenvalue weighted by Crippen LogP contribution is -2.33.